The van der Waals surface area contributed by atoms with Crippen molar-refractivity contribution < 1.29 is 4.74 Å². The van der Waals surface area contributed by atoms with Crippen LogP contribution in [0, 0.1) is 0 Å². The number of thiazole rings is 1. The molecule has 1 N–H and O–H groups in total. The van der Waals surface area contributed by atoms with Gasteiger partial charge in [0, 0.05) is 36.9 Å². The van der Waals surface area contributed by atoms with E-state index >= 15 is 0 Å². The van der Waals surface area contributed by atoms with Crippen LogP contribution in [0.1, 0.15) is 23.5 Å². The van der Waals surface area contributed by atoms with Crippen LogP contribution in [-0.4, -0.2) is 46.0 Å². The van der Waals surface area contributed by atoms with Crippen LogP contribution in [-0.2, 0) is 4.74 Å². The van der Waals surface area contributed by atoms with Gasteiger partial charge in [0.05, 0.1) is 40.9 Å². The quantitative estimate of drug-likeness (QED) is 0.297. The van der Waals surface area contributed by atoms with Crippen LogP contribution in [0.4, 0.5) is 11.4 Å². The van der Waals surface area contributed by atoms with E-state index in [9.17, 15) is 0 Å². The molecule has 9 heteroatoms. The van der Waals surface area contributed by atoms with Gasteiger partial charge in [0.2, 0.25) is 0 Å². The number of fused-ring (bicyclic) bond motifs is 1. The molecule has 2 atom stereocenters. The van der Waals surface area contributed by atoms with Gasteiger partial charge in [-0.1, -0.05) is 29.5 Å². The Balaban J connectivity index is 1.31. The molecule has 7 nitrogen and oxygen atoms in total. The maximum Gasteiger partial charge on any atom is 0.194 e. The Kier molecular flexibility index (Phi) is 6.04. The molecule has 7 rings (SSSR count). The molecule has 3 aromatic heterocycles. The molecule has 2 unspecified atom stereocenters. The van der Waals surface area contributed by atoms with E-state index in [1.807, 2.05) is 24.4 Å². The molecule has 2 aliphatic heterocycles. The number of nitrogens with zero attached hydrogens (tertiary/aromatic N) is 5. The lowest BCUT2D eigenvalue weighted by atomic mass is 10.0. The van der Waals surface area contributed by atoms with Crippen molar-refractivity contribution in [3.8, 4) is 5.13 Å². The Morgan fingerprint density at radius 3 is 2.47 bits per heavy atom. The fourth-order valence-electron chi connectivity index (χ4n) is 5.35. The monoisotopic (exact) mass is 538 g/mol. The highest BCUT2D eigenvalue weighted by Gasteiger charge is 2.42. The Hall–Kier alpha value is -3.79. The third kappa shape index (κ3) is 4.13. The molecule has 0 amide bonds. The van der Waals surface area contributed by atoms with Crippen molar-refractivity contribution in [3.63, 3.8) is 0 Å². The molecular formula is C29H26N6OS2. The molecule has 5 aromatic rings. The van der Waals surface area contributed by atoms with Crippen molar-refractivity contribution in [2.75, 3.05) is 36.1 Å². The largest absolute Gasteiger partial charge is 0.378 e. The number of nitrogens with one attached hydrogen (secondary N) is 1. The fourth-order valence-corrected chi connectivity index (χ4v) is 6.67. The van der Waals surface area contributed by atoms with Gasteiger partial charge in [-0.2, -0.15) is 0 Å². The Morgan fingerprint density at radius 2 is 1.68 bits per heavy atom. The van der Waals surface area contributed by atoms with E-state index in [2.05, 4.69) is 86.5 Å². The molecular weight excluding hydrogens is 512 g/mol. The maximum atomic E-state index is 5.96. The number of hydrogen-bond acceptors (Lipinski definition) is 6. The number of para-hydroxylation sites is 1. The molecule has 0 aliphatic carbocycles. The first kappa shape index (κ1) is 23.3. The van der Waals surface area contributed by atoms with E-state index in [0.29, 0.717) is 5.11 Å². The molecule has 190 valence electrons. The van der Waals surface area contributed by atoms with Crippen LogP contribution in [0.2, 0.25) is 0 Å². The van der Waals surface area contributed by atoms with E-state index in [1.165, 1.54) is 10.4 Å². The van der Waals surface area contributed by atoms with Gasteiger partial charge in [-0.15, -0.1) is 0 Å². The number of morpholine rings is 1. The molecule has 5 heterocycles. The minimum atomic E-state index is -0.120. The normalized spacial score (nSPS) is 19.7. The predicted molar refractivity (Wildman–Crippen MR) is 156 cm³/mol. The summed E-state index contributed by atoms with van der Waals surface area (Å²) in [5.41, 5.74) is 5.29. The third-order valence-electron chi connectivity index (χ3n) is 7.17. The number of thiocarbonyl (C=S) groups is 1. The van der Waals surface area contributed by atoms with Crippen LogP contribution in [0.25, 0.3) is 15.3 Å². The molecule has 0 bridgehead atoms. The second-order valence-corrected chi connectivity index (χ2v) is 10.8. The zero-order chi connectivity index (χ0) is 25.5. The van der Waals surface area contributed by atoms with Crippen LogP contribution < -0.4 is 15.1 Å². The van der Waals surface area contributed by atoms with Crippen LogP contribution in [0.15, 0.2) is 91.3 Å². The molecule has 2 fully saturated rings. The second-order valence-electron chi connectivity index (χ2n) is 9.38. The Labute approximate surface area is 230 Å². The number of ether oxygens (including phenoxy) is 1. The third-order valence-corrected chi connectivity index (χ3v) is 8.52. The second kappa shape index (κ2) is 9.83. The number of rotatable bonds is 5. The van der Waals surface area contributed by atoms with Gasteiger partial charge in [0.1, 0.15) is 6.04 Å². The number of anilines is 2. The lowest BCUT2D eigenvalue weighted by Crippen LogP contribution is -2.36. The van der Waals surface area contributed by atoms with E-state index in [1.54, 1.807) is 11.3 Å². The molecule has 2 saturated heterocycles. The van der Waals surface area contributed by atoms with E-state index < -0.39 is 0 Å². The Bertz CT molecular complexity index is 1540. The summed E-state index contributed by atoms with van der Waals surface area (Å²) in [6, 6.07) is 27.0. The summed E-state index contributed by atoms with van der Waals surface area (Å²) >= 11 is 7.65. The molecule has 0 spiro atoms. The van der Waals surface area contributed by atoms with Crippen LogP contribution in [0.3, 0.4) is 0 Å². The van der Waals surface area contributed by atoms with Gasteiger partial charge in [-0.25, -0.2) is 4.98 Å². The molecule has 38 heavy (non-hydrogen) atoms. The van der Waals surface area contributed by atoms with Gasteiger partial charge in [0.25, 0.3) is 0 Å². The summed E-state index contributed by atoms with van der Waals surface area (Å²) in [6.07, 6.45) is 3.92. The van der Waals surface area contributed by atoms with Gasteiger partial charge in [-0.3, -0.25) is 9.55 Å². The zero-order valence-electron chi connectivity index (χ0n) is 20.6. The summed E-state index contributed by atoms with van der Waals surface area (Å²) in [4.78, 5) is 14.2. The summed E-state index contributed by atoms with van der Waals surface area (Å²) in [5.74, 6) is 0. The van der Waals surface area contributed by atoms with E-state index in [-0.39, 0.29) is 12.1 Å². The zero-order valence-corrected chi connectivity index (χ0v) is 22.2. The first-order valence-electron chi connectivity index (χ1n) is 12.7. The smallest absolute Gasteiger partial charge is 0.194 e. The SMILES string of the molecule is S=C1NC(c2ccccn2)C(c2cccn2-c2nc3ccccc3s2)N1c1ccc(N2CCOCC2)cc1. The highest BCUT2D eigenvalue weighted by molar-refractivity contribution is 7.80. The molecule has 0 saturated carbocycles. The van der Waals surface area contributed by atoms with Gasteiger partial charge in [-0.05, 0) is 72.9 Å². The molecule has 0 radical (unpaired) electrons. The fraction of sp³-hybridized carbons (Fsp3) is 0.207. The summed E-state index contributed by atoms with van der Waals surface area (Å²) < 4.78 is 8.88. The minimum Gasteiger partial charge on any atom is -0.378 e. The summed E-state index contributed by atoms with van der Waals surface area (Å²) in [6.45, 7) is 3.34. The minimum absolute atomic E-state index is 0.117. The van der Waals surface area contributed by atoms with Gasteiger partial charge in [0.15, 0.2) is 10.2 Å². The predicted octanol–water partition coefficient (Wildman–Crippen LogP) is 5.50. The Morgan fingerprint density at radius 1 is 0.895 bits per heavy atom. The maximum absolute atomic E-state index is 5.96. The first-order valence-corrected chi connectivity index (χ1v) is 14.0. The highest BCUT2D eigenvalue weighted by Crippen LogP contribution is 2.43. The van der Waals surface area contributed by atoms with Crippen LogP contribution >= 0.6 is 23.6 Å². The number of hydrogen-bond donors (Lipinski definition) is 1. The van der Waals surface area contributed by atoms with Crippen molar-refractivity contribution in [2.45, 2.75) is 12.1 Å². The number of benzene rings is 2. The average molecular weight is 539 g/mol. The number of aromatic nitrogens is 3. The van der Waals surface area contributed by atoms with Crippen molar-refractivity contribution in [1.29, 1.82) is 0 Å². The lowest BCUT2D eigenvalue weighted by Gasteiger charge is -2.31. The van der Waals surface area contributed by atoms with Crippen molar-refractivity contribution in [2.24, 2.45) is 0 Å². The standard InChI is InChI=1S/C29H26N6OS2/c37-28-32-26(23-7-3-4-14-30-23)27(35(28)21-12-10-20(11-13-21)33-16-18-36-19-17-33)24-8-5-15-34(24)29-31-22-6-1-2-9-25(22)38-29/h1-15,26-27H,16-19H2,(H,32,37). The van der Waals surface area contributed by atoms with Crippen LogP contribution in [0.5, 0.6) is 0 Å². The number of pyridine rings is 1. The van der Waals surface area contributed by atoms with E-state index in [4.69, 9.17) is 26.9 Å². The van der Waals surface area contributed by atoms with Crippen molar-refractivity contribution in [3.05, 3.63) is 103 Å². The van der Waals surface area contributed by atoms with Gasteiger partial charge < -0.3 is 19.9 Å². The highest BCUT2D eigenvalue weighted by atomic mass is 32.1. The van der Waals surface area contributed by atoms with Gasteiger partial charge >= 0.3 is 0 Å². The summed E-state index contributed by atoms with van der Waals surface area (Å²) in [5, 5.41) is 5.20. The topological polar surface area (TPSA) is 58.5 Å². The lowest BCUT2D eigenvalue weighted by molar-refractivity contribution is 0.122. The van der Waals surface area contributed by atoms with Crippen molar-refractivity contribution in [1.82, 2.24) is 19.9 Å². The average Bonchev–Trinajstić information content (AvgIpc) is 3.70. The first-order chi connectivity index (χ1) is 18.8. The van der Waals surface area contributed by atoms with E-state index in [0.717, 1.165) is 54.0 Å². The summed E-state index contributed by atoms with van der Waals surface area (Å²) in [7, 11) is 0. The molecule has 2 aromatic carbocycles. The molecule has 2 aliphatic rings. The van der Waals surface area contributed by atoms with Crippen molar-refractivity contribution >= 4 is 50.3 Å².